The Morgan fingerprint density at radius 1 is 1.26 bits per heavy atom. The van der Waals surface area contributed by atoms with E-state index in [1.807, 2.05) is 47.8 Å². The lowest BCUT2D eigenvalue weighted by molar-refractivity contribution is 0.0781. The van der Waals surface area contributed by atoms with Crippen molar-refractivity contribution in [2.24, 2.45) is 0 Å². The summed E-state index contributed by atoms with van der Waals surface area (Å²) >= 11 is 1.45. The minimum atomic E-state index is 0.0236. The van der Waals surface area contributed by atoms with Crippen LogP contribution in [-0.2, 0) is 6.54 Å². The second-order valence-corrected chi connectivity index (χ2v) is 5.34. The first kappa shape index (κ1) is 12.0. The molecule has 0 aliphatic heterocycles. The molecule has 0 unspecified atom stereocenters. The van der Waals surface area contributed by atoms with Gasteiger partial charge in [-0.05, 0) is 23.6 Å². The molecule has 3 rings (SSSR count). The summed E-state index contributed by atoms with van der Waals surface area (Å²) in [5.41, 5.74) is 0.856. The largest absolute Gasteiger partial charge is 0.459 e. The Balaban J connectivity index is 1.79. The number of furan rings is 1. The quantitative estimate of drug-likeness (QED) is 0.726. The minimum Gasteiger partial charge on any atom is -0.459 e. The van der Waals surface area contributed by atoms with Crippen LogP contribution in [0.15, 0.2) is 52.3 Å². The zero-order valence-corrected chi connectivity index (χ0v) is 11.3. The Morgan fingerprint density at radius 2 is 2.11 bits per heavy atom. The van der Waals surface area contributed by atoms with E-state index in [4.69, 9.17) is 4.42 Å². The van der Waals surface area contributed by atoms with Crippen LogP contribution in [0.1, 0.15) is 15.4 Å². The number of amides is 1. The Morgan fingerprint density at radius 3 is 2.84 bits per heavy atom. The molecule has 96 valence electrons. The number of hydrogen-bond acceptors (Lipinski definition) is 3. The van der Waals surface area contributed by atoms with Gasteiger partial charge in [0.25, 0.3) is 5.91 Å². The normalized spacial score (nSPS) is 10.8. The van der Waals surface area contributed by atoms with Gasteiger partial charge in [-0.1, -0.05) is 24.3 Å². The van der Waals surface area contributed by atoms with E-state index in [9.17, 15) is 4.79 Å². The molecule has 2 heterocycles. The van der Waals surface area contributed by atoms with Crippen LogP contribution in [0.25, 0.3) is 11.0 Å². The van der Waals surface area contributed by atoms with Crippen molar-refractivity contribution < 1.29 is 9.21 Å². The number of benzene rings is 1. The molecule has 0 spiro atoms. The van der Waals surface area contributed by atoms with Crippen LogP contribution >= 0.6 is 11.3 Å². The minimum absolute atomic E-state index is 0.0236. The highest BCUT2D eigenvalue weighted by molar-refractivity contribution is 7.12. The molecule has 1 amide bonds. The average molecular weight is 271 g/mol. The van der Waals surface area contributed by atoms with Crippen LogP contribution in [0.4, 0.5) is 0 Å². The number of para-hydroxylation sites is 1. The monoisotopic (exact) mass is 271 g/mol. The van der Waals surface area contributed by atoms with Gasteiger partial charge in [-0.2, -0.15) is 0 Å². The van der Waals surface area contributed by atoms with Crippen LogP contribution in [0.5, 0.6) is 0 Å². The van der Waals surface area contributed by atoms with Crippen LogP contribution in [0, 0.1) is 0 Å². The Hall–Kier alpha value is -2.07. The lowest BCUT2D eigenvalue weighted by atomic mass is 10.2. The standard InChI is InChI=1S/C15H13NO2S/c1-16(15(17)14-7-4-8-19-14)10-12-9-11-5-2-3-6-13(11)18-12/h2-9H,10H2,1H3. The number of thiophene rings is 1. The molecule has 0 N–H and O–H groups in total. The predicted octanol–water partition coefficient (Wildman–Crippen LogP) is 3.77. The van der Waals surface area contributed by atoms with Gasteiger partial charge in [0.15, 0.2) is 0 Å². The first-order valence-electron chi connectivity index (χ1n) is 6.00. The van der Waals surface area contributed by atoms with Gasteiger partial charge in [0.2, 0.25) is 0 Å². The average Bonchev–Trinajstić information content (AvgIpc) is 3.06. The fraction of sp³-hybridized carbons (Fsp3) is 0.133. The molecule has 4 heteroatoms. The molecule has 0 saturated carbocycles. The van der Waals surface area contributed by atoms with Gasteiger partial charge < -0.3 is 9.32 Å². The van der Waals surface area contributed by atoms with Crippen molar-refractivity contribution >= 4 is 28.2 Å². The van der Waals surface area contributed by atoms with E-state index in [2.05, 4.69) is 0 Å². The summed E-state index contributed by atoms with van der Waals surface area (Å²) in [6.45, 7) is 0.478. The molecule has 0 atom stereocenters. The number of nitrogens with zero attached hydrogens (tertiary/aromatic N) is 1. The lowest BCUT2D eigenvalue weighted by Gasteiger charge is -2.14. The molecule has 0 saturated heterocycles. The molecule has 2 aromatic heterocycles. The molecule has 0 bridgehead atoms. The molecule has 0 fully saturated rings. The summed E-state index contributed by atoms with van der Waals surface area (Å²) in [7, 11) is 1.79. The Kier molecular flexibility index (Phi) is 3.09. The zero-order valence-electron chi connectivity index (χ0n) is 10.5. The molecule has 19 heavy (non-hydrogen) atoms. The molecular formula is C15H13NO2S. The van der Waals surface area contributed by atoms with Crippen molar-refractivity contribution in [3.05, 3.63) is 58.5 Å². The van der Waals surface area contributed by atoms with Crippen LogP contribution in [0.3, 0.4) is 0 Å². The van der Waals surface area contributed by atoms with E-state index >= 15 is 0 Å². The van der Waals surface area contributed by atoms with Crippen molar-refractivity contribution in [1.82, 2.24) is 4.90 Å². The van der Waals surface area contributed by atoms with Gasteiger partial charge in [0.05, 0.1) is 11.4 Å². The summed E-state index contributed by atoms with van der Waals surface area (Å²) in [4.78, 5) is 14.5. The van der Waals surface area contributed by atoms with Gasteiger partial charge in [-0.3, -0.25) is 4.79 Å². The molecule has 3 aromatic rings. The van der Waals surface area contributed by atoms with Gasteiger partial charge in [0, 0.05) is 12.4 Å². The maximum Gasteiger partial charge on any atom is 0.264 e. The van der Waals surface area contributed by atoms with Gasteiger partial charge in [-0.15, -0.1) is 11.3 Å². The fourth-order valence-corrected chi connectivity index (χ4v) is 2.73. The van der Waals surface area contributed by atoms with Crippen molar-refractivity contribution in [2.45, 2.75) is 6.54 Å². The van der Waals surface area contributed by atoms with E-state index in [0.717, 1.165) is 21.6 Å². The maximum atomic E-state index is 12.1. The van der Waals surface area contributed by atoms with Crippen LogP contribution < -0.4 is 0 Å². The van der Waals surface area contributed by atoms with E-state index in [-0.39, 0.29) is 5.91 Å². The summed E-state index contributed by atoms with van der Waals surface area (Å²) in [5, 5.41) is 2.97. The highest BCUT2D eigenvalue weighted by Gasteiger charge is 2.14. The topological polar surface area (TPSA) is 33.5 Å². The highest BCUT2D eigenvalue weighted by Crippen LogP contribution is 2.20. The molecule has 0 radical (unpaired) electrons. The molecule has 0 aliphatic carbocycles. The Bertz CT molecular complexity index is 667. The second kappa shape index (κ2) is 4.90. The van der Waals surface area contributed by atoms with Gasteiger partial charge in [0.1, 0.15) is 11.3 Å². The molecule has 0 aliphatic rings. The third-order valence-corrected chi connectivity index (χ3v) is 3.81. The maximum absolute atomic E-state index is 12.1. The van der Waals surface area contributed by atoms with Crippen LogP contribution in [0.2, 0.25) is 0 Å². The van der Waals surface area contributed by atoms with Crippen molar-refractivity contribution in [3.8, 4) is 0 Å². The highest BCUT2D eigenvalue weighted by atomic mass is 32.1. The first-order valence-corrected chi connectivity index (χ1v) is 6.88. The molecule has 1 aromatic carbocycles. The first-order chi connectivity index (χ1) is 9.24. The predicted molar refractivity (Wildman–Crippen MR) is 76.3 cm³/mol. The van der Waals surface area contributed by atoms with Crippen molar-refractivity contribution in [3.63, 3.8) is 0 Å². The third kappa shape index (κ3) is 2.39. The molecule has 3 nitrogen and oxygen atoms in total. The fourth-order valence-electron chi connectivity index (χ4n) is 2.01. The number of carbonyl (C=O) groups is 1. The van der Waals surface area contributed by atoms with Gasteiger partial charge >= 0.3 is 0 Å². The van der Waals surface area contributed by atoms with Gasteiger partial charge in [-0.25, -0.2) is 0 Å². The van der Waals surface area contributed by atoms with E-state index in [0.29, 0.717) is 6.54 Å². The van der Waals surface area contributed by atoms with E-state index in [1.165, 1.54) is 11.3 Å². The second-order valence-electron chi connectivity index (χ2n) is 4.39. The van der Waals surface area contributed by atoms with Crippen molar-refractivity contribution in [1.29, 1.82) is 0 Å². The van der Waals surface area contributed by atoms with Crippen molar-refractivity contribution in [2.75, 3.05) is 7.05 Å². The lowest BCUT2D eigenvalue weighted by Crippen LogP contribution is -2.25. The summed E-state index contributed by atoms with van der Waals surface area (Å²) in [6, 6.07) is 13.5. The Labute approximate surface area is 115 Å². The number of fused-ring (bicyclic) bond motifs is 1. The SMILES string of the molecule is CN(Cc1cc2ccccc2o1)C(=O)c1cccs1. The number of rotatable bonds is 3. The summed E-state index contributed by atoms with van der Waals surface area (Å²) in [6.07, 6.45) is 0. The zero-order chi connectivity index (χ0) is 13.2. The number of hydrogen-bond donors (Lipinski definition) is 0. The smallest absolute Gasteiger partial charge is 0.264 e. The summed E-state index contributed by atoms with van der Waals surface area (Å²) < 4.78 is 5.72. The molecular weight excluding hydrogens is 258 g/mol. The number of carbonyl (C=O) groups excluding carboxylic acids is 1. The van der Waals surface area contributed by atoms with E-state index < -0.39 is 0 Å². The van der Waals surface area contributed by atoms with E-state index in [1.54, 1.807) is 11.9 Å². The van der Waals surface area contributed by atoms with Crippen LogP contribution in [-0.4, -0.2) is 17.9 Å². The summed E-state index contributed by atoms with van der Waals surface area (Å²) in [5.74, 6) is 0.823. The third-order valence-electron chi connectivity index (χ3n) is 2.95.